The van der Waals surface area contributed by atoms with Crippen molar-refractivity contribution in [2.45, 2.75) is 43.7 Å². The number of aromatic amines is 1. The molecule has 0 aliphatic carbocycles. The van der Waals surface area contributed by atoms with Crippen molar-refractivity contribution in [1.82, 2.24) is 24.6 Å². The number of H-pyrrole nitrogens is 1. The number of hydrogen-bond acceptors (Lipinski definition) is 5. The number of allylic oxidation sites excluding steroid dienone is 1. The second-order valence-electron chi connectivity index (χ2n) is 7.30. The molecule has 1 atom stereocenters. The minimum absolute atomic E-state index is 0.340. The van der Waals surface area contributed by atoms with Gasteiger partial charge in [0.1, 0.15) is 5.82 Å². The number of nitrogens with one attached hydrogen (secondary N) is 1. The van der Waals surface area contributed by atoms with E-state index < -0.39 is 0 Å². The van der Waals surface area contributed by atoms with Gasteiger partial charge in [-0.05, 0) is 37.4 Å². The first-order valence-corrected chi connectivity index (χ1v) is 10.7. The lowest BCUT2D eigenvalue weighted by molar-refractivity contribution is 0.129. The molecule has 0 amide bonds. The van der Waals surface area contributed by atoms with E-state index in [9.17, 15) is 0 Å². The highest BCUT2D eigenvalue weighted by Gasteiger charge is 2.19. The zero-order valence-electron chi connectivity index (χ0n) is 16.3. The lowest BCUT2D eigenvalue weighted by Crippen LogP contribution is -2.20. The van der Waals surface area contributed by atoms with E-state index in [2.05, 4.69) is 68.6 Å². The van der Waals surface area contributed by atoms with Crippen LogP contribution in [0.5, 0.6) is 0 Å². The largest absolute Gasteiger partial charge is 0.377 e. The molecule has 0 spiro atoms. The highest BCUT2D eigenvalue weighted by molar-refractivity contribution is 7.99. The fourth-order valence-electron chi connectivity index (χ4n) is 3.61. The number of ether oxygens (including phenoxy) is 1. The molecule has 3 aromatic rings. The van der Waals surface area contributed by atoms with Crippen LogP contribution in [0, 0.1) is 0 Å². The summed E-state index contributed by atoms with van der Waals surface area (Å²) in [5.41, 5.74) is 2.38. The van der Waals surface area contributed by atoms with Crippen LogP contribution in [0.2, 0.25) is 0 Å². The smallest absolute Gasteiger partial charge is 0.191 e. The van der Waals surface area contributed by atoms with Gasteiger partial charge in [-0.2, -0.15) is 0 Å². The van der Waals surface area contributed by atoms with Crippen molar-refractivity contribution in [2.24, 2.45) is 0 Å². The summed E-state index contributed by atoms with van der Waals surface area (Å²) in [4.78, 5) is 5.74. The molecule has 0 unspecified atom stereocenters. The van der Waals surface area contributed by atoms with Crippen LogP contribution in [0.3, 0.4) is 0 Å². The van der Waals surface area contributed by atoms with Crippen molar-refractivity contribution in [3.05, 3.63) is 54.5 Å². The van der Waals surface area contributed by atoms with Crippen molar-refractivity contribution >= 4 is 22.7 Å². The Labute approximate surface area is 170 Å². The molecule has 1 aliphatic rings. The minimum Gasteiger partial charge on any atom is -0.377 e. The third-order valence-electron chi connectivity index (χ3n) is 4.96. The van der Waals surface area contributed by atoms with Gasteiger partial charge in [0.2, 0.25) is 0 Å². The van der Waals surface area contributed by atoms with Gasteiger partial charge in [0.25, 0.3) is 0 Å². The number of hydrogen-bond donors (Lipinski definition) is 1. The predicted molar refractivity (Wildman–Crippen MR) is 113 cm³/mol. The molecular formula is C21H27N5OS. The average molecular weight is 398 g/mol. The fourth-order valence-corrected chi connectivity index (χ4v) is 4.64. The number of fused-ring (bicyclic) bond motifs is 1. The second kappa shape index (κ2) is 8.94. The van der Waals surface area contributed by atoms with Crippen LogP contribution < -0.4 is 0 Å². The molecule has 0 saturated carbocycles. The van der Waals surface area contributed by atoms with Gasteiger partial charge in [-0.25, -0.2) is 0 Å². The van der Waals surface area contributed by atoms with Gasteiger partial charge < -0.3 is 14.3 Å². The first-order valence-electron chi connectivity index (χ1n) is 9.75. The molecule has 1 fully saturated rings. The van der Waals surface area contributed by atoms with E-state index in [0.29, 0.717) is 6.10 Å². The molecule has 148 valence electrons. The molecule has 1 aliphatic heterocycles. The summed E-state index contributed by atoms with van der Waals surface area (Å²) in [6.07, 6.45) is 4.55. The van der Waals surface area contributed by atoms with Crippen molar-refractivity contribution < 1.29 is 4.74 Å². The maximum Gasteiger partial charge on any atom is 0.191 e. The molecule has 28 heavy (non-hydrogen) atoms. The van der Waals surface area contributed by atoms with E-state index in [-0.39, 0.29) is 0 Å². The van der Waals surface area contributed by atoms with Gasteiger partial charge in [0.05, 0.1) is 12.6 Å². The average Bonchev–Trinajstić information content (AvgIpc) is 3.41. The second-order valence-corrected chi connectivity index (χ2v) is 8.29. The summed E-state index contributed by atoms with van der Waals surface area (Å²) in [6.45, 7) is 7.06. The highest BCUT2D eigenvalue weighted by Crippen LogP contribution is 2.24. The van der Waals surface area contributed by atoms with Gasteiger partial charge in [0.15, 0.2) is 5.16 Å². The molecule has 0 radical (unpaired) electrons. The number of benzene rings is 1. The quantitative estimate of drug-likeness (QED) is 0.439. The number of nitrogens with zero attached hydrogens (tertiary/aromatic N) is 4. The van der Waals surface area contributed by atoms with E-state index >= 15 is 0 Å². The van der Waals surface area contributed by atoms with E-state index in [4.69, 9.17) is 4.74 Å². The summed E-state index contributed by atoms with van der Waals surface area (Å²) in [5.74, 6) is 1.90. The molecule has 2 aromatic heterocycles. The van der Waals surface area contributed by atoms with Gasteiger partial charge in [-0.1, -0.05) is 36.0 Å². The molecule has 1 saturated heterocycles. The maximum absolute atomic E-state index is 5.73. The molecule has 7 heteroatoms. The topological polar surface area (TPSA) is 59.0 Å². The molecule has 1 aromatic carbocycles. The van der Waals surface area contributed by atoms with Crippen molar-refractivity contribution in [3.8, 4) is 0 Å². The Morgan fingerprint density at radius 3 is 3.04 bits per heavy atom. The molecule has 0 bridgehead atoms. The monoisotopic (exact) mass is 397 g/mol. The molecule has 1 N–H and O–H groups in total. The molecule has 3 heterocycles. The van der Waals surface area contributed by atoms with Crippen molar-refractivity contribution in [1.29, 1.82) is 0 Å². The van der Waals surface area contributed by atoms with Crippen LogP contribution >= 0.6 is 11.8 Å². The maximum atomic E-state index is 5.73. The van der Waals surface area contributed by atoms with E-state index in [0.717, 1.165) is 55.8 Å². The zero-order chi connectivity index (χ0) is 19.3. The Bertz CT molecular complexity index is 895. The minimum atomic E-state index is 0.340. The Morgan fingerprint density at radius 1 is 1.36 bits per heavy atom. The van der Waals surface area contributed by atoms with Crippen LogP contribution in [-0.4, -0.2) is 50.2 Å². The zero-order valence-corrected chi connectivity index (χ0v) is 17.1. The lowest BCUT2D eigenvalue weighted by atomic mass is 10.2. The number of aromatic nitrogens is 4. The van der Waals surface area contributed by atoms with E-state index in [1.54, 1.807) is 11.8 Å². The van der Waals surface area contributed by atoms with Crippen LogP contribution in [0.15, 0.2) is 48.1 Å². The SMILES string of the molecule is C=CCn1c(CN(C)Cc2cc3ccccc3[nH]2)nnc1SC[C@@H]1CCCO1. The van der Waals surface area contributed by atoms with E-state index in [1.165, 1.54) is 16.6 Å². The molecule has 6 nitrogen and oxygen atoms in total. The Balaban J connectivity index is 1.41. The molecular weight excluding hydrogens is 370 g/mol. The first kappa shape index (κ1) is 19.2. The van der Waals surface area contributed by atoms with Crippen LogP contribution in [0.1, 0.15) is 24.4 Å². The summed E-state index contributed by atoms with van der Waals surface area (Å²) >= 11 is 1.73. The van der Waals surface area contributed by atoms with Gasteiger partial charge in [0, 0.05) is 36.7 Å². The van der Waals surface area contributed by atoms with Gasteiger partial charge in [-0.15, -0.1) is 16.8 Å². The fraction of sp³-hybridized carbons (Fsp3) is 0.429. The van der Waals surface area contributed by atoms with Crippen molar-refractivity contribution in [2.75, 3.05) is 19.4 Å². The van der Waals surface area contributed by atoms with Crippen LogP contribution in [0.25, 0.3) is 10.9 Å². The Morgan fingerprint density at radius 2 is 2.25 bits per heavy atom. The number of para-hydroxylation sites is 1. The first-order chi connectivity index (χ1) is 13.7. The summed E-state index contributed by atoms with van der Waals surface area (Å²) in [5, 5.41) is 11.1. The predicted octanol–water partition coefficient (Wildman–Crippen LogP) is 3.85. The van der Waals surface area contributed by atoms with Crippen LogP contribution in [0.4, 0.5) is 0 Å². The summed E-state index contributed by atoms with van der Waals surface area (Å²) in [7, 11) is 2.11. The van der Waals surface area contributed by atoms with Gasteiger partial charge >= 0.3 is 0 Å². The standard InChI is InChI=1S/C21H27N5OS/c1-3-10-26-20(23-24-21(26)28-15-18-8-6-11-27-18)14-25(2)13-17-12-16-7-4-5-9-19(16)22-17/h3-5,7,9,12,18,22H,1,6,8,10-11,13-15H2,2H3/t18-/m0/s1. The van der Waals surface area contributed by atoms with Gasteiger partial charge in [-0.3, -0.25) is 4.90 Å². The summed E-state index contributed by atoms with van der Waals surface area (Å²) in [6, 6.07) is 10.6. The highest BCUT2D eigenvalue weighted by atomic mass is 32.2. The number of thioether (sulfide) groups is 1. The lowest BCUT2D eigenvalue weighted by Gasteiger charge is -2.16. The Kier molecular flexibility index (Phi) is 6.14. The van der Waals surface area contributed by atoms with Crippen molar-refractivity contribution in [3.63, 3.8) is 0 Å². The normalized spacial score (nSPS) is 17.0. The Hall–Kier alpha value is -2.09. The third-order valence-corrected chi connectivity index (χ3v) is 6.06. The number of rotatable bonds is 9. The molecule has 4 rings (SSSR count). The summed E-state index contributed by atoms with van der Waals surface area (Å²) < 4.78 is 7.89. The van der Waals surface area contributed by atoms with E-state index in [1.807, 2.05) is 6.08 Å². The van der Waals surface area contributed by atoms with Crippen LogP contribution in [-0.2, 0) is 24.4 Å². The third kappa shape index (κ3) is 4.48.